The first-order chi connectivity index (χ1) is 14.5. The number of pyridine rings is 1. The Labute approximate surface area is 174 Å². The number of H-pyrrole nitrogens is 1. The van der Waals surface area contributed by atoms with Gasteiger partial charge in [-0.1, -0.05) is 13.0 Å². The summed E-state index contributed by atoms with van der Waals surface area (Å²) in [5.41, 5.74) is 1.53. The van der Waals surface area contributed by atoms with Gasteiger partial charge in [0.1, 0.15) is 11.4 Å². The summed E-state index contributed by atoms with van der Waals surface area (Å²) in [5, 5.41) is 10.9. The highest BCUT2D eigenvalue weighted by molar-refractivity contribution is 5.76. The molecule has 1 aromatic carbocycles. The predicted molar refractivity (Wildman–Crippen MR) is 113 cm³/mol. The third-order valence-electron chi connectivity index (χ3n) is 4.61. The standard InChI is InChI=1S/C22H25N5O3/c1-3-15(2)30-18-8-6-17(7-9-18)21-25-22(29)19(26-27-21)10-11-20(28)24-14-16-5-4-12-23-13-16/h4-9,12-13,15H,3,10-11,14H2,1-2H3,(H,24,28)(H,25,27,29)/t15-/m1/s1. The van der Waals surface area contributed by atoms with Crippen LogP contribution in [0.2, 0.25) is 0 Å². The van der Waals surface area contributed by atoms with E-state index < -0.39 is 0 Å². The van der Waals surface area contributed by atoms with Crippen molar-refractivity contribution in [1.82, 2.24) is 25.5 Å². The van der Waals surface area contributed by atoms with Crippen molar-refractivity contribution in [3.05, 3.63) is 70.4 Å². The van der Waals surface area contributed by atoms with E-state index in [2.05, 4.69) is 32.4 Å². The van der Waals surface area contributed by atoms with Crippen molar-refractivity contribution in [1.29, 1.82) is 0 Å². The van der Waals surface area contributed by atoms with Gasteiger partial charge in [-0.25, -0.2) is 0 Å². The number of benzene rings is 1. The molecule has 0 spiro atoms. The van der Waals surface area contributed by atoms with E-state index in [1.165, 1.54) is 0 Å². The van der Waals surface area contributed by atoms with E-state index in [9.17, 15) is 9.59 Å². The number of rotatable bonds is 9. The number of aryl methyl sites for hydroxylation is 1. The fourth-order valence-corrected chi connectivity index (χ4v) is 2.68. The molecule has 0 aliphatic heterocycles. The number of aromatic amines is 1. The summed E-state index contributed by atoms with van der Waals surface area (Å²) in [6.07, 6.45) is 4.79. The van der Waals surface area contributed by atoms with E-state index in [4.69, 9.17) is 4.74 Å². The van der Waals surface area contributed by atoms with E-state index >= 15 is 0 Å². The molecule has 1 atom stereocenters. The molecule has 0 unspecified atom stereocenters. The molecular weight excluding hydrogens is 382 g/mol. The Balaban J connectivity index is 1.56. The highest BCUT2D eigenvalue weighted by Gasteiger charge is 2.10. The minimum Gasteiger partial charge on any atom is -0.491 e. The van der Waals surface area contributed by atoms with Crippen molar-refractivity contribution in [3.63, 3.8) is 0 Å². The largest absolute Gasteiger partial charge is 0.491 e. The van der Waals surface area contributed by atoms with E-state index in [1.54, 1.807) is 12.4 Å². The third-order valence-corrected chi connectivity index (χ3v) is 4.61. The van der Waals surface area contributed by atoms with Crippen molar-refractivity contribution in [2.24, 2.45) is 0 Å². The minimum absolute atomic E-state index is 0.135. The summed E-state index contributed by atoms with van der Waals surface area (Å²) in [5.74, 6) is 0.971. The second-order valence-electron chi connectivity index (χ2n) is 6.95. The molecule has 3 rings (SSSR count). The molecule has 0 saturated heterocycles. The van der Waals surface area contributed by atoms with E-state index in [0.29, 0.717) is 12.4 Å². The van der Waals surface area contributed by atoms with E-state index in [-0.39, 0.29) is 36.1 Å². The van der Waals surface area contributed by atoms with Gasteiger partial charge >= 0.3 is 0 Å². The van der Waals surface area contributed by atoms with Crippen LogP contribution in [0, 0.1) is 0 Å². The smallest absolute Gasteiger partial charge is 0.273 e. The molecule has 2 N–H and O–H groups in total. The summed E-state index contributed by atoms with van der Waals surface area (Å²) in [6, 6.07) is 11.0. The average molecular weight is 407 g/mol. The minimum atomic E-state index is -0.347. The zero-order valence-electron chi connectivity index (χ0n) is 17.1. The first-order valence-electron chi connectivity index (χ1n) is 9.93. The summed E-state index contributed by atoms with van der Waals surface area (Å²) >= 11 is 0. The molecule has 2 heterocycles. The van der Waals surface area contributed by atoms with Crippen LogP contribution >= 0.6 is 0 Å². The number of aromatic nitrogens is 4. The van der Waals surface area contributed by atoms with Gasteiger partial charge in [-0.2, -0.15) is 0 Å². The number of hydrogen-bond donors (Lipinski definition) is 2. The fourth-order valence-electron chi connectivity index (χ4n) is 2.68. The Kier molecular flexibility index (Phi) is 7.26. The SMILES string of the molecule is CC[C@@H](C)Oc1ccc(-c2nnc(CCC(=O)NCc3cccnc3)c(=O)[nH]2)cc1. The maximum absolute atomic E-state index is 12.3. The highest BCUT2D eigenvalue weighted by Crippen LogP contribution is 2.19. The number of hydrogen-bond acceptors (Lipinski definition) is 6. The molecule has 0 fully saturated rings. The molecule has 2 aromatic heterocycles. The van der Waals surface area contributed by atoms with Crippen LogP contribution in [0.5, 0.6) is 5.75 Å². The van der Waals surface area contributed by atoms with Crippen LogP contribution in [0.1, 0.15) is 37.9 Å². The van der Waals surface area contributed by atoms with Crippen LogP contribution in [-0.4, -0.2) is 32.2 Å². The van der Waals surface area contributed by atoms with Crippen molar-refractivity contribution >= 4 is 5.91 Å². The molecule has 8 nitrogen and oxygen atoms in total. The lowest BCUT2D eigenvalue weighted by Crippen LogP contribution is -2.25. The van der Waals surface area contributed by atoms with E-state index in [1.807, 2.05) is 43.3 Å². The second-order valence-corrected chi connectivity index (χ2v) is 6.95. The van der Waals surface area contributed by atoms with Gasteiger partial charge in [0.15, 0.2) is 5.82 Å². The Morgan fingerprint density at radius 1 is 1.20 bits per heavy atom. The van der Waals surface area contributed by atoms with Crippen molar-refractivity contribution in [2.45, 2.75) is 45.8 Å². The first-order valence-corrected chi connectivity index (χ1v) is 9.93. The number of amides is 1. The summed E-state index contributed by atoms with van der Waals surface area (Å²) in [4.78, 5) is 31.1. The maximum Gasteiger partial charge on any atom is 0.273 e. The normalized spacial score (nSPS) is 11.7. The van der Waals surface area contributed by atoms with Crippen LogP contribution in [-0.2, 0) is 17.8 Å². The van der Waals surface area contributed by atoms with Crippen molar-refractivity contribution in [2.75, 3.05) is 0 Å². The number of carbonyl (C=O) groups is 1. The second kappa shape index (κ2) is 10.3. The van der Waals surface area contributed by atoms with Gasteiger partial charge in [0.2, 0.25) is 5.91 Å². The molecule has 0 bridgehead atoms. The highest BCUT2D eigenvalue weighted by atomic mass is 16.5. The topological polar surface area (TPSA) is 110 Å². The molecule has 156 valence electrons. The van der Waals surface area contributed by atoms with Gasteiger partial charge in [0.05, 0.1) is 6.10 Å². The molecule has 0 radical (unpaired) electrons. The van der Waals surface area contributed by atoms with Crippen LogP contribution < -0.4 is 15.6 Å². The van der Waals surface area contributed by atoms with Crippen molar-refractivity contribution in [3.8, 4) is 17.1 Å². The quantitative estimate of drug-likeness (QED) is 0.564. The van der Waals surface area contributed by atoms with Crippen LogP contribution in [0.3, 0.4) is 0 Å². The van der Waals surface area contributed by atoms with Crippen molar-refractivity contribution < 1.29 is 9.53 Å². The monoisotopic (exact) mass is 407 g/mol. The van der Waals surface area contributed by atoms with Gasteiger partial charge in [-0.05, 0) is 49.2 Å². The lowest BCUT2D eigenvalue weighted by Gasteiger charge is -2.12. The molecular formula is C22H25N5O3. The molecule has 8 heteroatoms. The lowest BCUT2D eigenvalue weighted by atomic mass is 10.2. The van der Waals surface area contributed by atoms with Gasteiger partial charge in [0.25, 0.3) is 5.56 Å². The molecule has 30 heavy (non-hydrogen) atoms. The zero-order valence-corrected chi connectivity index (χ0v) is 17.1. The molecule has 0 aliphatic rings. The van der Waals surface area contributed by atoms with Crippen LogP contribution in [0.4, 0.5) is 0 Å². The maximum atomic E-state index is 12.3. The summed E-state index contributed by atoms with van der Waals surface area (Å²) in [6.45, 7) is 4.46. The van der Waals surface area contributed by atoms with Crippen LogP contribution in [0.25, 0.3) is 11.4 Å². The summed E-state index contributed by atoms with van der Waals surface area (Å²) in [7, 11) is 0. The number of nitrogens with zero attached hydrogens (tertiary/aromatic N) is 3. The number of ether oxygens (including phenoxy) is 1. The molecule has 3 aromatic rings. The third kappa shape index (κ3) is 5.97. The number of nitrogens with one attached hydrogen (secondary N) is 2. The fraction of sp³-hybridized carbons (Fsp3) is 0.318. The Hall–Kier alpha value is -3.55. The zero-order chi connectivity index (χ0) is 21.3. The van der Waals surface area contributed by atoms with Gasteiger partial charge in [-0.3, -0.25) is 14.6 Å². The average Bonchev–Trinajstić information content (AvgIpc) is 2.78. The summed E-state index contributed by atoms with van der Waals surface area (Å²) < 4.78 is 5.75. The Morgan fingerprint density at radius 2 is 2.00 bits per heavy atom. The van der Waals surface area contributed by atoms with Gasteiger partial charge in [-0.15, -0.1) is 10.2 Å². The Morgan fingerprint density at radius 3 is 2.67 bits per heavy atom. The Bertz CT molecular complexity index is 1020. The molecule has 0 saturated carbocycles. The van der Waals surface area contributed by atoms with Gasteiger partial charge in [0, 0.05) is 37.3 Å². The number of carbonyl (C=O) groups excluding carboxylic acids is 1. The first kappa shape index (κ1) is 21.2. The van der Waals surface area contributed by atoms with Crippen LogP contribution in [0.15, 0.2) is 53.6 Å². The predicted octanol–water partition coefficient (Wildman–Crippen LogP) is 2.65. The van der Waals surface area contributed by atoms with E-state index in [0.717, 1.165) is 23.3 Å². The molecule has 0 aliphatic carbocycles. The molecule has 1 amide bonds. The van der Waals surface area contributed by atoms with Gasteiger partial charge < -0.3 is 15.0 Å². The lowest BCUT2D eigenvalue weighted by molar-refractivity contribution is -0.121.